The van der Waals surface area contributed by atoms with Crippen molar-refractivity contribution in [3.05, 3.63) is 30.1 Å². The van der Waals surface area contributed by atoms with Gasteiger partial charge in [0.15, 0.2) is 5.82 Å². The molecule has 1 saturated heterocycles. The highest BCUT2D eigenvalue weighted by molar-refractivity contribution is 5.73. The predicted octanol–water partition coefficient (Wildman–Crippen LogP) is 0.115. The Morgan fingerprint density at radius 2 is 2.30 bits per heavy atom. The Hall–Kier alpha value is -2.22. The third-order valence-corrected chi connectivity index (χ3v) is 4.41. The number of nitrogens with zero attached hydrogens (tertiary/aromatic N) is 6. The molecule has 1 aliphatic heterocycles. The summed E-state index contributed by atoms with van der Waals surface area (Å²) in [4.78, 5) is 13.3. The Morgan fingerprint density at radius 3 is 3.04 bits per heavy atom. The highest BCUT2D eigenvalue weighted by Gasteiger charge is 2.26. The maximum atomic E-state index is 11.0. The molecule has 1 fully saturated rings. The van der Waals surface area contributed by atoms with Gasteiger partial charge in [-0.3, -0.25) is 9.48 Å². The van der Waals surface area contributed by atoms with Crippen LogP contribution < -0.4 is 5.73 Å². The van der Waals surface area contributed by atoms with Crippen LogP contribution in [0.15, 0.2) is 18.5 Å². The van der Waals surface area contributed by atoms with Gasteiger partial charge >= 0.3 is 0 Å². The van der Waals surface area contributed by atoms with Gasteiger partial charge in [0.05, 0.1) is 0 Å². The van der Waals surface area contributed by atoms with Crippen LogP contribution in [0.25, 0.3) is 0 Å². The molecule has 0 aliphatic carbocycles. The summed E-state index contributed by atoms with van der Waals surface area (Å²) in [5, 5.41) is 12.9. The lowest BCUT2D eigenvalue weighted by Crippen LogP contribution is -2.37. The lowest BCUT2D eigenvalue weighted by atomic mass is 9.97. The molecule has 3 heterocycles. The van der Waals surface area contributed by atoms with Crippen molar-refractivity contribution in [3.8, 4) is 0 Å². The largest absolute Gasteiger partial charge is 0.370 e. The maximum absolute atomic E-state index is 11.0. The van der Waals surface area contributed by atoms with Gasteiger partial charge in [-0.05, 0) is 25.5 Å². The minimum atomic E-state index is -0.243. The van der Waals surface area contributed by atoms with Gasteiger partial charge < -0.3 is 15.2 Å². The van der Waals surface area contributed by atoms with Gasteiger partial charge in [0.1, 0.15) is 12.4 Å². The van der Waals surface area contributed by atoms with Crippen LogP contribution in [-0.2, 0) is 18.4 Å². The fraction of sp³-hybridized carbons (Fsp3) is 0.600. The van der Waals surface area contributed by atoms with Gasteiger partial charge in [0.25, 0.3) is 0 Å². The molecule has 8 nitrogen and oxygen atoms in total. The number of aromatic nitrogens is 5. The third kappa shape index (κ3) is 3.76. The van der Waals surface area contributed by atoms with Crippen molar-refractivity contribution in [2.75, 3.05) is 19.6 Å². The zero-order chi connectivity index (χ0) is 16.2. The van der Waals surface area contributed by atoms with E-state index in [0.29, 0.717) is 18.9 Å². The molecule has 2 aromatic rings. The second-order valence-electron chi connectivity index (χ2n) is 6.09. The average Bonchev–Trinajstić information content (AvgIpc) is 3.17. The molecule has 3 rings (SSSR count). The fourth-order valence-electron chi connectivity index (χ4n) is 3.15. The topological polar surface area (TPSA) is 94.9 Å². The van der Waals surface area contributed by atoms with E-state index in [-0.39, 0.29) is 5.91 Å². The Balaban J connectivity index is 1.66. The molecule has 8 heteroatoms. The van der Waals surface area contributed by atoms with Crippen LogP contribution in [-0.4, -0.2) is 55.0 Å². The van der Waals surface area contributed by atoms with E-state index in [4.69, 9.17) is 5.73 Å². The molecule has 0 aromatic carbocycles. The molecule has 0 saturated carbocycles. The molecule has 0 unspecified atom stereocenters. The SMILES string of the molecule is Cn1c(Cn2cccn2)nnc1[C@@H]1CCCN(CCC(N)=O)C1. The Morgan fingerprint density at radius 1 is 1.43 bits per heavy atom. The summed E-state index contributed by atoms with van der Waals surface area (Å²) in [7, 11) is 2.01. The van der Waals surface area contributed by atoms with Gasteiger partial charge in [-0.1, -0.05) is 0 Å². The second kappa shape index (κ2) is 6.91. The zero-order valence-corrected chi connectivity index (χ0v) is 13.4. The number of piperidine rings is 1. The third-order valence-electron chi connectivity index (χ3n) is 4.41. The van der Waals surface area contributed by atoms with Crippen LogP contribution in [0.4, 0.5) is 0 Å². The van der Waals surface area contributed by atoms with E-state index in [9.17, 15) is 4.79 Å². The first kappa shape index (κ1) is 15.7. The molecule has 2 aromatic heterocycles. The lowest BCUT2D eigenvalue weighted by molar-refractivity contribution is -0.118. The van der Waals surface area contributed by atoms with Crippen molar-refractivity contribution >= 4 is 5.91 Å². The Bertz CT molecular complexity index is 649. The first-order valence-corrected chi connectivity index (χ1v) is 7.99. The summed E-state index contributed by atoms with van der Waals surface area (Å²) in [6, 6.07) is 1.90. The molecular formula is C15H23N7O. The molecular weight excluding hydrogens is 294 g/mol. The van der Waals surface area contributed by atoms with Crippen LogP contribution in [0, 0.1) is 0 Å². The zero-order valence-electron chi connectivity index (χ0n) is 13.4. The summed E-state index contributed by atoms with van der Waals surface area (Å²) in [6.45, 7) is 3.27. The number of hydrogen-bond acceptors (Lipinski definition) is 5. The van der Waals surface area contributed by atoms with Crippen LogP contribution in [0.3, 0.4) is 0 Å². The number of hydrogen-bond donors (Lipinski definition) is 1. The summed E-state index contributed by atoms with van der Waals surface area (Å²) in [6.07, 6.45) is 6.29. The van der Waals surface area contributed by atoms with Crippen LogP contribution in [0.1, 0.15) is 36.8 Å². The first-order chi connectivity index (χ1) is 11.1. The monoisotopic (exact) mass is 317 g/mol. The number of carbonyl (C=O) groups excluding carboxylic acids is 1. The van der Waals surface area contributed by atoms with Gasteiger partial charge in [0, 0.05) is 44.9 Å². The van der Waals surface area contributed by atoms with Crippen molar-refractivity contribution in [1.29, 1.82) is 0 Å². The first-order valence-electron chi connectivity index (χ1n) is 7.99. The van der Waals surface area contributed by atoms with Gasteiger partial charge in [0.2, 0.25) is 5.91 Å². The van der Waals surface area contributed by atoms with E-state index in [1.54, 1.807) is 6.20 Å². The summed E-state index contributed by atoms with van der Waals surface area (Å²) >= 11 is 0. The number of carbonyl (C=O) groups is 1. The molecule has 1 aliphatic rings. The van der Waals surface area contributed by atoms with E-state index in [1.807, 2.05) is 24.0 Å². The smallest absolute Gasteiger partial charge is 0.218 e. The van der Waals surface area contributed by atoms with Crippen molar-refractivity contribution < 1.29 is 4.79 Å². The van der Waals surface area contributed by atoms with Crippen molar-refractivity contribution in [2.24, 2.45) is 12.8 Å². The van der Waals surface area contributed by atoms with Gasteiger partial charge in [-0.2, -0.15) is 5.10 Å². The van der Waals surface area contributed by atoms with E-state index in [1.165, 1.54) is 0 Å². The fourth-order valence-corrected chi connectivity index (χ4v) is 3.15. The molecule has 2 N–H and O–H groups in total. The number of nitrogens with two attached hydrogens (primary N) is 1. The maximum Gasteiger partial charge on any atom is 0.218 e. The molecule has 1 atom stereocenters. The average molecular weight is 317 g/mol. The second-order valence-corrected chi connectivity index (χ2v) is 6.09. The van der Waals surface area contributed by atoms with E-state index in [2.05, 4.69) is 24.8 Å². The number of rotatable bonds is 6. The molecule has 0 bridgehead atoms. The van der Waals surface area contributed by atoms with Gasteiger partial charge in [-0.25, -0.2) is 0 Å². The summed E-state index contributed by atoms with van der Waals surface area (Å²) in [5.74, 6) is 2.02. The predicted molar refractivity (Wildman–Crippen MR) is 84.6 cm³/mol. The number of primary amides is 1. The lowest BCUT2D eigenvalue weighted by Gasteiger charge is -2.31. The highest BCUT2D eigenvalue weighted by atomic mass is 16.1. The van der Waals surface area contributed by atoms with Crippen LogP contribution >= 0.6 is 0 Å². The molecule has 124 valence electrons. The highest BCUT2D eigenvalue weighted by Crippen LogP contribution is 2.25. The summed E-state index contributed by atoms with van der Waals surface area (Å²) < 4.78 is 3.91. The molecule has 0 spiro atoms. The quantitative estimate of drug-likeness (QED) is 0.816. The molecule has 0 radical (unpaired) electrons. The van der Waals surface area contributed by atoms with Crippen molar-refractivity contribution in [2.45, 2.75) is 31.7 Å². The number of amides is 1. The Kier molecular flexibility index (Phi) is 4.71. The standard InChI is InChI=1S/C15H23N7O/c1-20-14(11-22-8-3-6-17-22)18-19-15(20)12-4-2-7-21(10-12)9-5-13(16)23/h3,6,8,12H,2,4-5,7,9-11H2,1H3,(H2,16,23)/t12-/m1/s1. The number of likely N-dealkylation sites (tertiary alicyclic amines) is 1. The molecule has 1 amide bonds. The minimum absolute atomic E-state index is 0.243. The van der Waals surface area contributed by atoms with E-state index < -0.39 is 0 Å². The molecule has 23 heavy (non-hydrogen) atoms. The van der Waals surface area contributed by atoms with Crippen LogP contribution in [0.2, 0.25) is 0 Å². The van der Waals surface area contributed by atoms with E-state index >= 15 is 0 Å². The normalized spacial score (nSPS) is 19.1. The minimum Gasteiger partial charge on any atom is -0.370 e. The summed E-state index contributed by atoms with van der Waals surface area (Å²) in [5.41, 5.74) is 5.25. The van der Waals surface area contributed by atoms with Gasteiger partial charge in [-0.15, -0.1) is 10.2 Å². The Labute approximate surface area is 135 Å². The van der Waals surface area contributed by atoms with Crippen molar-refractivity contribution in [1.82, 2.24) is 29.4 Å². The van der Waals surface area contributed by atoms with Crippen LogP contribution in [0.5, 0.6) is 0 Å². The van der Waals surface area contributed by atoms with Crippen molar-refractivity contribution in [3.63, 3.8) is 0 Å². The van der Waals surface area contributed by atoms with E-state index in [0.717, 1.165) is 44.1 Å².